The number of aliphatic hydroxyl groups excluding tert-OH is 1. The molecular weight excluding hydrogens is 382 g/mol. The van der Waals surface area contributed by atoms with Crippen LogP contribution in [0.25, 0.3) is 0 Å². The van der Waals surface area contributed by atoms with E-state index in [2.05, 4.69) is 10.3 Å². The maximum absolute atomic E-state index is 12.4. The normalized spacial score (nSPS) is 14.6. The van der Waals surface area contributed by atoms with Gasteiger partial charge >= 0.3 is 5.69 Å². The molecule has 9 heteroatoms. The molecule has 2 N–H and O–H groups in total. The van der Waals surface area contributed by atoms with Crippen molar-refractivity contribution in [3.8, 4) is 11.5 Å². The van der Waals surface area contributed by atoms with Crippen LogP contribution in [0.15, 0.2) is 28.0 Å². The molecule has 0 unspecified atom stereocenters. The molecule has 2 aromatic rings. The lowest BCUT2D eigenvalue weighted by Crippen LogP contribution is -2.28. The minimum atomic E-state index is -0.371. The lowest BCUT2D eigenvalue weighted by molar-refractivity contribution is -0.113. The van der Waals surface area contributed by atoms with E-state index in [4.69, 9.17) is 9.47 Å². The molecule has 1 aromatic carbocycles. The third-order valence-electron chi connectivity index (χ3n) is 4.69. The van der Waals surface area contributed by atoms with E-state index in [0.29, 0.717) is 35.4 Å². The zero-order valence-corrected chi connectivity index (χ0v) is 16.1. The Morgan fingerprint density at radius 3 is 2.89 bits per heavy atom. The summed E-state index contributed by atoms with van der Waals surface area (Å²) < 4.78 is 12.5. The molecule has 2 heterocycles. The average molecular weight is 403 g/mol. The van der Waals surface area contributed by atoms with Gasteiger partial charge in [0.2, 0.25) is 5.91 Å². The number of rotatable bonds is 6. The number of anilines is 1. The standard InChI is InChI=1S/C19H21N3O5S/c23-7-6-22-14-3-1-2-13(14)18(21-19(22)25)28-11-17(24)20-12-4-5-15-16(10-12)27-9-8-26-15/h4-5,10,23H,1-3,6-9,11H2,(H,20,24). The maximum Gasteiger partial charge on any atom is 0.348 e. The van der Waals surface area contributed by atoms with Crippen molar-refractivity contribution in [1.29, 1.82) is 0 Å². The first-order chi connectivity index (χ1) is 13.7. The Hall–Kier alpha value is -2.52. The summed E-state index contributed by atoms with van der Waals surface area (Å²) in [7, 11) is 0. The summed E-state index contributed by atoms with van der Waals surface area (Å²) in [5, 5.41) is 12.6. The molecule has 1 amide bonds. The molecule has 1 aliphatic carbocycles. The third-order valence-corrected chi connectivity index (χ3v) is 5.71. The van der Waals surface area contributed by atoms with Crippen LogP contribution in [0.4, 0.5) is 5.69 Å². The first kappa shape index (κ1) is 18.8. The molecule has 2 aliphatic rings. The molecule has 0 spiro atoms. The number of aliphatic hydroxyl groups is 1. The zero-order chi connectivity index (χ0) is 19.5. The predicted molar refractivity (Wildman–Crippen MR) is 104 cm³/mol. The van der Waals surface area contributed by atoms with Crippen LogP contribution in [-0.4, -0.2) is 46.1 Å². The third kappa shape index (κ3) is 3.85. The highest BCUT2D eigenvalue weighted by atomic mass is 32.2. The SMILES string of the molecule is O=C(CSc1nc(=O)n(CCO)c2c1CCC2)Nc1ccc2c(c1)OCCO2. The second kappa shape index (κ2) is 8.24. The highest BCUT2D eigenvalue weighted by Gasteiger charge is 2.22. The fraction of sp³-hybridized carbons (Fsp3) is 0.421. The Morgan fingerprint density at radius 1 is 1.25 bits per heavy atom. The topological polar surface area (TPSA) is 103 Å². The van der Waals surface area contributed by atoms with Gasteiger partial charge in [0.05, 0.1) is 18.9 Å². The van der Waals surface area contributed by atoms with Gasteiger partial charge in [-0.3, -0.25) is 9.36 Å². The van der Waals surface area contributed by atoms with Gasteiger partial charge in [-0.2, -0.15) is 4.98 Å². The zero-order valence-electron chi connectivity index (χ0n) is 15.3. The number of carbonyl (C=O) groups is 1. The van der Waals surface area contributed by atoms with Gasteiger partial charge in [-0.15, -0.1) is 0 Å². The van der Waals surface area contributed by atoms with Gasteiger partial charge in [-0.25, -0.2) is 4.79 Å². The minimum Gasteiger partial charge on any atom is -0.486 e. The number of amides is 1. The number of benzene rings is 1. The number of carbonyl (C=O) groups excluding carboxylic acids is 1. The largest absolute Gasteiger partial charge is 0.486 e. The van der Waals surface area contributed by atoms with E-state index >= 15 is 0 Å². The number of hydrogen-bond acceptors (Lipinski definition) is 7. The second-order valence-corrected chi connectivity index (χ2v) is 7.51. The number of nitrogens with zero attached hydrogens (tertiary/aromatic N) is 2. The molecule has 0 atom stereocenters. The van der Waals surface area contributed by atoms with Gasteiger partial charge in [0.25, 0.3) is 0 Å². The highest BCUT2D eigenvalue weighted by molar-refractivity contribution is 8.00. The molecule has 1 aromatic heterocycles. The van der Waals surface area contributed by atoms with Gasteiger partial charge in [0, 0.05) is 23.0 Å². The number of fused-ring (bicyclic) bond motifs is 2. The molecule has 4 rings (SSSR count). The Kier molecular flexibility index (Phi) is 5.54. The van der Waals surface area contributed by atoms with Crippen molar-refractivity contribution in [2.24, 2.45) is 0 Å². The Balaban J connectivity index is 1.43. The fourth-order valence-electron chi connectivity index (χ4n) is 3.49. The van der Waals surface area contributed by atoms with E-state index in [-0.39, 0.29) is 30.5 Å². The molecule has 0 saturated carbocycles. The van der Waals surface area contributed by atoms with E-state index in [1.165, 1.54) is 11.8 Å². The van der Waals surface area contributed by atoms with Crippen LogP contribution in [0.5, 0.6) is 11.5 Å². The Bertz CT molecular complexity index is 959. The van der Waals surface area contributed by atoms with Crippen molar-refractivity contribution >= 4 is 23.4 Å². The van der Waals surface area contributed by atoms with Crippen molar-refractivity contribution in [3.05, 3.63) is 39.9 Å². The molecule has 1 aliphatic heterocycles. The molecular formula is C19H21N3O5S. The average Bonchev–Trinajstić information content (AvgIpc) is 3.18. The molecule has 28 heavy (non-hydrogen) atoms. The Labute approximate surface area is 165 Å². The second-order valence-electron chi connectivity index (χ2n) is 6.55. The lowest BCUT2D eigenvalue weighted by Gasteiger charge is -2.19. The summed E-state index contributed by atoms with van der Waals surface area (Å²) in [5.41, 5.74) is 2.21. The number of thioether (sulfide) groups is 1. The van der Waals surface area contributed by atoms with E-state index in [9.17, 15) is 14.7 Å². The number of hydrogen-bond donors (Lipinski definition) is 2. The molecule has 0 bridgehead atoms. The van der Waals surface area contributed by atoms with Gasteiger partial charge < -0.3 is 19.9 Å². The molecule has 148 valence electrons. The minimum absolute atomic E-state index is 0.0988. The molecule has 0 saturated heterocycles. The molecule has 0 fully saturated rings. The first-order valence-corrected chi connectivity index (χ1v) is 10.2. The molecule has 0 radical (unpaired) electrons. The summed E-state index contributed by atoms with van der Waals surface area (Å²) in [5.74, 6) is 1.25. The van der Waals surface area contributed by atoms with Crippen molar-refractivity contribution in [3.63, 3.8) is 0 Å². The van der Waals surface area contributed by atoms with Crippen LogP contribution in [0.1, 0.15) is 17.7 Å². The summed E-state index contributed by atoms with van der Waals surface area (Å²) in [4.78, 5) is 28.8. The van der Waals surface area contributed by atoms with Crippen molar-refractivity contribution in [2.45, 2.75) is 30.8 Å². The molecule has 8 nitrogen and oxygen atoms in total. The van der Waals surface area contributed by atoms with Gasteiger partial charge in [-0.05, 0) is 31.4 Å². The first-order valence-electron chi connectivity index (χ1n) is 9.21. The van der Waals surface area contributed by atoms with Crippen LogP contribution in [-0.2, 0) is 24.2 Å². The monoisotopic (exact) mass is 403 g/mol. The van der Waals surface area contributed by atoms with Gasteiger partial charge in [0.1, 0.15) is 18.2 Å². The van der Waals surface area contributed by atoms with Gasteiger partial charge in [0.15, 0.2) is 11.5 Å². The van der Waals surface area contributed by atoms with Crippen LogP contribution in [0.2, 0.25) is 0 Å². The quantitative estimate of drug-likeness (QED) is 0.552. The number of ether oxygens (including phenoxy) is 2. The highest BCUT2D eigenvalue weighted by Crippen LogP contribution is 2.33. The summed E-state index contributed by atoms with van der Waals surface area (Å²) >= 11 is 1.27. The Morgan fingerprint density at radius 2 is 2.07 bits per heavy atom. The summed E-state index contributed by atoms with van der Waals surface area (Å²) in [6.07, 6.45) is 2.58. The van der Waals surface area contributed by atoms with E-state index in [1.54, 1.807) is 22.8 Å². The van der Waals surface area contributed by atoms with Crippen LogP contribution < -0.4 is 20.5 Å². The summed E-state index contributed by atoms with van der Waals surface area (Å²) in [6, 6.07) is 5.28. The van der Waals surface area contributed by atoms with Crippen LogP contribution in [0.3, 0.4) is 0 Å². The van der Waals surface area contributed by atoms with Crippen LogP contribution >= 0.6 is 11.8 Å². The van der Waals surface area contributed by atoms with Crippen LogP contribution in [0, 0.1) is 0 Å². The predicted octanol–water partition coefficient (Wildman–Crippen LogP) is 1.23. The van der Waals surface area contributed by atoms with E-state index in [1.807, 2.05) is 0 Å². The van der Waals surface area contributed by atoms with Gasteiger partial charge in [-0.1, -0.05) is 11.8 Å². The smallest absolute Gasteiger partial charge is 0.348 e. The fourth-order valence-corrected chi connectivity index (χ4v) is 4.36. The van der Waals surface area contributed by atoms with Crippen molar-refractivity contribution in [2.75, 3.05) is 30.9 Å². The van der Waals surface area contributed by atoms with Crippen molar-refractivity contribution < 1.29 is 19.4 Å². The van der Waals surface area contributed by atoms with Crippen molar-refractivity contribution in [1.82, 2.24) is 9.55 Å². The summed E-state index contributed by atoms with van der Waals surface area (Å²) in [6.45, 7) is 1.16. The number of aromatic nitrogens is 2. The number of nitrogens with one attached hydrogen (secondary N) is 1. The van der Waals surface area contributed by atoms with E-state index < -0.39 is 0 Å². The maximum atomic E-state index is 12.4. The lowest BCUT2D eigenvalue weighted by atomic mass is 10.2. The van der Waals surface area contributed by atoms with E-state index in [0.717, 1.165) is 30.5 Å².